The molecule has 0 bridgehead atoms. The average molecular weight is 488 g/mol. The first-order chi connectivity index (χ1) is 17.5. The first-order valence-corrected chi connectivity index (χ1v) is 11.8. The Morgan fingerprint density at radius 2 is 1.64 bits per heavy atom. The molecule has 186 valence electrons. The Hall–Kier alpha value is -4.11. The highest BCUT2D eigenvalue weighted by molar-refractivity contribution is 5.99. The smallest absolute Gasteiger partial charge is 0.279 e. The third-order valence-electron chi connectivity index (χ3n) is 6.73. The van der Waals surface area contributed by atoms with E-state index in [-0.39, 0.29) is 11.5 Å². The van der Waals surface area contributed by atoms with Gasteiger partial charge in [-0.1, -0.05) is 24.3 Å². The Kier molecular flexibility index (Phi) is 6.47. The molecule has 0 unspecified atom stereocenters. The number of nitrogens with one attached hydrogen (secondary N) is 1. The van der Waals surface area contributed by atoms with E-state index in [1.807, 2.05) is 60.1 Å². The summed E-state index contributed by atoms with van der Waals surface area (Å²) in [7, 11) is 5.16. The molecule has 0 radical (unpaired) electrons. The minimum Gasteiger partial charge on any atom is -0.497 e. The number of carbonyl (C=O) groups excluding carboxylic acids is 1. The van der Waals surface area contributed by atoms with Crippen molar-refractivity contribution in [2.75, 3.05) is 20.8 Å². The van der Waals surface area contributed by atoms with Crippen molar-refractivity contribution in [3.8, 4) is 11.5 Å². The number of aromatic nitrogens is 3. The second-order valence-corrected chi connectivity index (χ2v) is 8.92. The van der Waals surface area contributed by atoms with Gasteiger partial charge in [0.25, 0.3) is 11.5 Å². The van der Waals surface area contributed by atoms with Gasteiger partial charge in [-0.15, -0.1) is 0 Å². The van der Waals surface area contributed by atoms with Crippen LogP contribution in [0, 0.1) is 0 Å². The highest BCUT2D eigenvalue weighted by atomic mass is 16.5. The van der Waals surface area contributed by atoms with E-state index in [1.165, 1.54) is 10.7 Å². The number of methoxy groups -OCH3 is 2. The molecule has 3 heterocycles. The predicted molar refractivity (Wildman–Crippen MR) is 135 cm³/mol. The number of hydrogen-bond acceptors (Lipinski definition) is 6. The van der Waals surface area contributed by atoms with Crippen LogP contribution in [-0.4, -0.2) is 45.8 Å². The number of nitrogens with zero attached hydrogens (tertiary/aromatic N) is 4. The first kappa shape index (κ1) is 23.6. The van der Waals surface area contributed by atoms with Gasteiger partial charge in [-0.2, -0.15) is 9.61 Å². The molecule has 0 saturated carbocycles. The van der Waals surface area contributed by atoms with Gasteiger partial charge in [0.05, 0.1) is 26.0 Å². The van der Waals surface area contributed by atoms with Crippen LogP contribution < -0.4 is 20.3 Å². The number of fused-ring (bicyclic) bond motifs is 2. The first-order valence-electron chi connectivity index (χ1n) is 11.8. The third kappa shape index (κ3) is 4.45. The molecule has 0 fully saturated rings. The molecule has 2 aromatic carbocycles. The molecule has 9 nitrogen and oxygen atoms in total. The number of amides is 1. The molecule has 4 aromatic rings. The number of ether oxygens (including phenoxy) is 2. The molecular weight excluding hydrogens is 458 g/mol. The summed E-state index contributed by atoms with van der Waals surface area (Å²) in [5.74, 6) is 1.31. The van der Waals surface area contributed by atoms with E-state index in [0.29, 0.717) is 30.7 Å². The lowest BCUT2D eigenvalue weighted by atomic mass is 10.1. The topological polar surface area (TPSA) is 90.1 Å². The molecular formula is C27H29N5O4. The summed E-state index contributed by atoms with van der Waals surface area (Å²) < 4.78 is 13.7. The summed E-state index contributed by atoms with van der Waals surface area (Å²) in [5, 5.41) is 7.22. The largest absolute Gasteiger partial charge is 0.497 e. The van der Waals surface area contributed by atoms with Crippen LogP contribution in [0.3, 0.4) is 0 Å². The molecule has 1 aliphatic rings. The highest BCUT2D eigenvalue weighted by Gasteiger charge is 2.26. The molecule has 1 N–H and O–H groups in total. The Labute approximate surface area is 208 Å². The van der Waals surface area contributed by atoms with Crippen LogP contribution in [0.5, 0.6) is 11.5 Å². The zero-order valence-corrected chi connectivity index (χ0v) is 20.7. The van der Waals surface area contributed by atoms with Gasteiger partial charge in [0.15, 0.2) is 5.65 Å². The summed E-state index contributed by atoms with van der Waals surface area (Å²) in [5.41, 5.74) is 4.49. The lowest BCUT2D eigenvalue weighted by molar-refractivity contribution is 0.0952. The molecule has 1 amide bonds. The van der Waals surface area contributed by atoms with Crippen molar-refractivity contribution >= 4 is 11.6 Å². The van der Waals surface area contributed by atoms with Gasteiger partial charge in [-0.3, -0.25) is 14.5 Å². The summed E-state index contributed by atoms with van der Waals surface area (Å²) in [6.45, 7) is 2.45. The van der Waals surface area contributed by atoms with Gasteiger partial charge >= 0.3 is 0 Å². The Morgan fingerprint density at radius 3 is 2.28 bits per heavy atom. The van der Waals surface area contributed by atoms with Crippen LogP contribution >= 0.6 is 0 Å². The summed E-state index contributed by atoms with van der Waals surface area (Å²) >= 11 is 0. The van der Waals surface area contributed by atoms with Gasteiger partial charge in [0.1, 0.15) is 17.1 Å². The van der Waals surface area contributed by atoms with Crippen LogP contribution in [0.4, 0.5) is 0 Å². The van der Waals surface area contributed by atoms with Crippen LogP contribution in [0.1, 0.15) is 32.7 Å². The number of benzene rings is 2. The third-order valence-corrected chi connectivity index (χ3v) is 6.73. The summed E-state index contributed by atoms with van der Waals surface area (Å²) in [6, 6.07) is 15.5. The molecule has 9 heteroatoms. The Balaban J connectivity index is 1.36. The Morgan fingerprint density at radius 1 is 1.00 bits per heavy atom. The number of hydrogen-bond donors (Lipinski definition) is 1. The fourth-order valence-corrected chi connectivity index (χ4v) is 4.74. The maximum Gasteiger partial charge on any atom is 0.279 e. The number of rotatable bonds is 7. The van der Waals surface area contributed by atoms with Crippen LogP contribution in [0.2, 0.25) is 0 Å². The van der Waals surface area contributed by atoms with E-state index in [0.717, 1.165) is 47.0 Å². The van der Waals surface area contributed by atoms with Gasteiger partial charge in [0, 0.05) is 45.3 Å². The minimum atomic E-state index is -0.271. The normalized spacial score (nSPS) is 13.4. The van der Waals surface area contributed by atoms with Crippen molar-refractivity contribution in [2.24, 2.45) is 7.05 Å². The quantitative estimate of drug-likeness (QED) is 0.431. The van der Waals surface area contributed by atoms with Gasteiger partial charge in [-0.05, 0) is 35.4 Å². The Bertz CT molecular complexity index is 1460. The minimum absolute atomic E-state index is 0.174. The fourth-order valence-electron chi connectivity index (χ4n) is 4.74. The van der Waals surface area contributed by atoms with Gasteiger partial charge in [0.2, 0.25) is 0 Å². The lowest BCUT2D eigenvalue weighted by Crippen LogP contribution is -2.38. The van der Waals surface area contributed by atoms with Crippen molar-refractivity contribution in [1.29, 1.82) is 0 Å². The van der Waals surface area contributed by atoms with Crippen molar-refractivity contribution < 1.29 is 14.3 Å². The van der Waals surface area contributed by atoms with Crippen LogP contribution in [0.25, 0.3) is 5.65 Å². The maximum atomic E-state index is 13.4. The fraction of sp³-hybridized carbons (Fsp3) is 0.296. The molecule has 1 aliphatic heterocycles. The van der Waals surface area contributed by atoms with E-state index in [1.54, 1.807) is 14.2 Å². The molecule has 0 saturated heterocycles. The SMILES string of the molecule is COc1ccc(CNC(=O)c2cnn3c(=O)c4c(n(C)c23)CCN(Cc2ccc(OC)cc2)C4)cc1. The second kappa shape index (κ2) is 9.87. The summed E-state index contributed by atoms with van der Waals surface area (Å²) in [4.78, 5) is 28.7. The molecule has 5 rings (SSSR count). The van der Waals surface area contributed by atoms with E-state index in [2.05, 4.69) is 15.3 Å². The lowest BCUT2D eigenvalue weighted by Gasteiger charge is -2.30. The maximum absolute atomic E-state index is 13.4. The zero-order valence-electron chi connectivity index (χ0n) is 20.7. The monoisotopic (exact) mass is 487 g/mol. The van der Waals surface area contributed by atoms with E-state index in [9.17, 15) is 9.59 Å². The van der Waals surface area contributed by atoms with Crippen molar-refractivity contribution in [3.05, 3.63) is 93.0 Å². The predicted octanol–water partition coefficient (Wildman–Crippen LogP) is 2.54. The van der Waals surface area contributed by atoms with Gasteiger partial charge in [-0.25, -0.2) is 0 Å². The van der Waals surface area contributed by atoms with E-state index >= 15 is 0 Å². The number of aryl methyl sites for hydroxylation is 1. The van der Waals surface area contributed by atoms with Crippen molar-refractivity contribution in [3.63, 3.8) is 0 Å². The van der Waals surface area contributed by atoms with Crippen molar-refractivity contribution in [1.82, 2.24) is 24.4 Å². The molecule has 0 aliphatic carbocycles. The second-order valence-electron chi connectivity index (χ2n) is 8.92. The zero-order chi connectivity index (χ0) is 25.2. The standard InChI is InChI=1S/C27H29N5O4/c1-30-24-12-13-31(16-19-6-10-21(36-3)11-7-19)17-23(24)27(34)32-26(30)22(15-29-32)25(33)28-14-18-4-8-20(35-2)9-5-18/h4-11,15H,12-14,16-17H2,1-3H3,(H,28,33). The molecule has 0 spiro atoms. The average Bonchev–Trinajstić information content (AvgIpc) is 3.37. The molecule has 0 atom stereocenters. The highest BCUT2D eigenvalue weighted by Crippen LogP contribution is 2.22. The molecule has 36 heavy (non-hydrogen) atoms. The van der Waals surface area contributed by atoms with Crippen molar-refractivity contribution in [2.45, 2.75) is 26.1 Å². The van der Waals surface area contributed by atoms with Gasteiger partial charge < -0.3 is 19.4 Å². The van der Waals surface area contributed by atoms with E-state index in [4.69, 9.17) is 9.47 Å². The number of carbonyl (C=O) groups is 1. The van der Waals surface area contributed by atoms with E-state index < -0.39 is 0 Å². The van der Waals surface area contributed by atoms with Crippen LogP contribution in [0.15, 0.2) is 59.5 Å². The molecule has 2 aromatic heterocycles. The van der Waals surface area contributed by atoms with Crippen LogP contribution in [-0.2, 0) is 33.1 Å². The summed E-state index contributed by atoms with van der Waals surface area (Å²) in [6.07, 6.45) is 2.19.